The lowest BCUT2D eigenvalue weighted by Crippen LogP contribution is -2.12. The van der Waals surface area contributed by atoms with Crippen molar-refractivity contribution in [2.45, 2.75) is 29.9 Å². The zero-order valence-corrected chi connectivity index (χ0v) is 15.7. The molecule has 3 aromatic rings. The lowest BCUT2D eigenvalue weighted by molar-refractivity contribution is 0.510. The van der Waals surface area contributed by atoms with Crippen LogP contribution in [0.1, 0.15) is 30.2 Å². The monoisotopic (exact) mass is 394 g/mol. The highest BCUT2D eigenvalue weighted by molar-refractivity contribution is 7.94. The number of oxazole rings is 1. The van der Waals surface area contributed by atoms with Crippen LogP contribution >= 0.6 is 22.9 Å². The number of rotatable bonds is 5. The van der Waals surface area contributed by atoms with Gasteiger partial charge in [0.05, 0.1) is 16.8 Å². The van der Waals surface area contributed by atoms with Crippen LogP contribution in [-0.2, 0) is 10.0 Å². The minimum atomic E-state index is -3.69. The molecule has 8 heteroatoms. The molecule has 4 rings (SSSR count). The lowest BCUT2D eigenvalue weighted by Gasteiger charge is -2.09. The molecule has 1 saturated carbocycles. The fraction of sp³-hybridized carbons (Fsp3) is 0.235. The molecule has 0 unspecified atom stereocenters. The first kappa shape index (κ1) is 16.6. The van der Waals surface area contributed by atoms with Gasteiger partial charge in [0.15, 0.2) is 11.7 Å². The number of aromatic nitrogens is 1. The molecule has 2 aromatic heterocycles. The topological polar surface area (TPSA) is 72.2 Å². The highest BCUT2D eigenvalue weighted by Gasteiger charge is 2.29. The molecular formula is C17H15ClN2O3S2. The zero-order valence-electron chi connectivity index (χ0n) is 13.3. The number of sulfonamides is 1. The smallest absolute Gasteiger partial charge is 0.271 e. The number of aryl methyl sites for hydroxylation is 1. The lowest BCUT2D eigenvalue weighted by atomic mass is 10.2. The first-order valence-corrected chi connectivity index (χ1v) is 10.4. The number of halogens is 1. The second-order valence-electron chi connectivity index (χ2n) is 6.02. The fourth-order valence-corrected chi connectivity index (χ4v) is 4.96. The molecule has 1 N–H and O–H groups in total. The van der Waals surface area contributed by atoms with E-state index in [1.54, 1.807) is 36.5 Å². The van der Waals surface area contributed by atoms with Crippen molar-refractivity contribution in [2.75, 3.05) is 4.72 Å². The van der Waals surface area contributed by atoms with Gasteiger partial charge in [-0.2, -0.15) is 0 Å². The summed E-state index contributed by atoms with van der Waals surface area (Å²) < 4.78 is 33.8. The summed E-state index contributed by atoms with van der Waals surface area (Å²) in [7, 11) is -3.69. The molecule has 130 valence electrons. The largest absolute Gasteiger partial charge is 0.440 e. The summed E-state index contributed by atoms with van der Waals surface area (Å²) in [6, 6.07) is 8.40. The number of nitrogens with one attached hydrogen (secondary N) is 1. The van der Waals surface area contributed by atoms with E-state index in [0.29, 0.717) is 22.4 Å². The molecule has 1 aliphatic rings. The summed E-state index contributed by atoms with van der Waals surface area (Å²) in [5, 5.41) is 0.476. The summed E-state index contributed by atoms with van der Waals surface area (Å²) in [4.78, 5) is 5.01. The van der Waals surface area contributed by atoms with E-state index in [1.165, 1.54) is 0 Å². The van der Waals surface area contributed by atoms with Crippen LogP contribution in [-0.4, -0.2) is 13.4 Å². The summed E-state index contributed by atoms with van der Waals surface area (Å²) >= 11 is 7.11. The van der Waals surface area contributed by atoms with Gasteiger partial charge in [0.25, 0.3) is 10.0 Å². The second-order valence-corrected chi connectivity index (χ2v) is 9.45. The molecule has 0 amide bonds. The average molecular weight is 395 g/mol. The van der Waals surface area contributed by atoms with Crippen molar-refractivity contribution in [3.8, 4) is 10.6 Å². The molecule has 0 spiro atoms. The van der Waals surface area contributed by atoms with E-state index in [4.69, 9.17) is 16.0 Å². The van der Waals surface area contributed by atoms with E-state index in [1.807, 2.05) is 6.92 Å². The van der Waals surface area contributed by atoms with E-state index in [2.05, 4.69) is 9.71 Å². The van der Waals surface area contributed by atoms with Gasteiger partial charge in [-0.1, -0.05) is 17.7 Å². The Kier molecular flexibility index (Phi) is 4.10. The van der Waals surface area contributed by atoms with Gasteiger partial charge in [0.2, 0.25) is 0 Å². The first-order valence-electron chi connectivity index (χ1n) is 7.77. The standard InChI is InChI=1S/C17H15ClN2O3S2/c1-10-2-5-12(18)8-13(10)20-25(21,22)16-7-6-15(24-16)14-9-19-17(23-14)11-3-4-11/h2,5-9,11,20H,3-4H2,1H3. The van der Waals surface area contributed by atoms with Crippen LogP contribution in [0.5, 0.6) is 0 Å². The Morgan fingerprint density at radius 2 is 2.08 bits per heavy atom. The maximum atomic E-state index is 12.6. The van der Waals surface area contributed by atoms with Crippen molar-refractivity contribution < 1.29 is 12.8 Å². The Morgan fingerprint density at radius 3 is 2.84 bits per heavy atom. The maximum absolute atomic E-state index is 12.6. The summed E-state index contributed by atoms with van der Waals surface area (Å²) in [5.74, 6) is 1.76. The van der Waals surface area contributed by atoms with E-state index in [-0.39, 0.29) is 4.21 Å². The average Bonchev–Trinajstić information content (AvgIpc) is 3.10. The number of hydrogen-bond acceptors (Lipinski definition) is 5. The van der Waals surface area contributed by atoms with Gasteiger partial charge in [-0.05, 0) is 49.6 Å². The first-order chi connectivity index (χ1) is 11.9. The van der Waals surface area contributed by atoms with Crippen LogP contribution in [0.4, 0.5) is 5.69 Å². The van der Waals surface area contributed by atoms with Gasteiger partial charge in [-0.25, -0.2) is 13.4 Å². The van der Waals surface area contributed by atoms with Crippen molar-refractivity contribution >= 4 is 38.6 Å². The summed E-state index contributed by atoms with van der Waals surface area (Å²) in [6.45, 7) is 1.82. The SMILES string of the molecule is Cc1ccc(Cl)cc1NS(=O)(=O)c1ccc(-c2cnc(C3CC3)o2)s1. The quantitative estimate of drug-likeness (QED) is 0.657. The van der Waals surface area contributed by atoms with Crippen molar-refractivity contribution in [3.63, 3.8) is 0 Å². The molecule has 0 saturated heterocycles. The van der Waals surface area contributed by atoms with Crippen LogP contribution in [0.15, 0.2) is 45.2 Å². The number of thiophene rings is 1. The van der Waals surface area contributed by atoms with Crippen molar-refractivity contribution in [3.05, 3.63) is 53.0 Å². The molecular weight excluding hydrogens is 380 g/mol. The summed E-state index contributed by atoms with van der Waals surface area (Å²) in [6.07, 6.45) is 3.87. The molecule has 2 heterocycles. The second kappa shape index (κ2) is 6.16. The molecule has 0 bridgehead atoms. The van der Waals surface area contributed by atoms with Crippen molar-refractivity contribution in [1.29, 1.82) is 0 Å². The minimum Gasteiger partial charge on any atom is -0.440 e. The zero-order chi connectivity index (χ0) is 17.6. The van der Waals surface area contributed by atoms with E-state index in [9.17, 15) is 8.42 Å². The number of nitrogens with zero attached hydrogens (tertiary/aromatic N) is 1. The number of hydrogen-bond donors (Lipinski definition) is 1. The third-order valence-electron chi connectivity index (χ3n) is 3.98. The Hall–Kier alpha value is -1.83. The highest BCUT2D eigenvalue weighted by Crippen LogP contribution is 2.41. The highest BCUT2D eigenvalue weighted by atomic mass is 35.5. The van der Waals surface area contributed by atoms with E-state index in [0.717, 1.165) is 40.5 Å². The molecule has 1 aromatic carbocycles. The molecule has 0 aliphatic heterocycles. The van der Waals surface area contributed by atoms with Gasteiger partial charge in [-0.3, -0.25) is 4.72 Å². The van der Waals surface area contributed by atoms with Crippen LogP contribution in [0.3, 0.4) is 0 Å². The summed E-state index contributed by atoms with van der Waals surface area (Å²) in [5.41, 5.74) is 1.27. The molecule has 0 radical (unpaired) electrons. The van der Waals surface area contributed by atoms with Gasteiger partial charge in [-0.15, -0.1) is 11.3 Å². The van der Waals surface area contributed by atoms with Crippen LogP contribution in [0, 0.1) is 6.92 Å². The predicted molar refractivity (Wildman–Crippen MR) is 98.8 cm³/mol. The Morgan fingerprint density at radius 1 is 1.28 bits per heavy atom. The third-order valence-corrected chi connectivity index (χ3v) is 7.18. The van der Waals surface area contributed by atoms with Crippen molar-refractivity contribution in [1.82, 2.24) is 4.98 Å². The fourth-order valence-electron chi connectivity index (χ4n) is 2.42. The molecule has 0 atom stereocenters. The number of anilines is 1. The van der Waals surface area contributed by atoms with Crippen molar-refractivity contribution in [2.24, 2.45) is 0 Å². The van der Waals surface area contributed by atoms with E-state index >= 15 is 0 Å². The van der Waals surface area contributed by atoms with Gasteiger partial charge in [0.1, 0.15) is 4.21 Å². The Balaban J connectivity index is 1.60. The third kappa shape index (κ3) is 3.44. The Labute approximate surface area is 154 Å². The Bertz CT molecular complexity index is 1040. The molecule has 1 fully saturated rings. The molecule has 25 heavy (non-hydrogen) atoms. The van der Waals surface area contributed by atoms with Gasteiger partial charge >= 0.3 is 0 Å². The molecule has 5 nitrogen and oxygen atoms in total. The van der Waals surface area contributed by atoms with Crippen LogP contribution < -0.4 is 4.72 Å². The van der Waals surface area contributed by atoms with Crippen LogP contribution in [0.2, 0.25) is 5.02 Å². The molecule has 1 aliphatic carbocycles. The maximum Gasteiger partial charge on any atom is 0.271 e. The normalized spacial score (nSPS) is 14.6. The van der Waals surface area contributed by atoms with Gasteiger partial charge in [0, 0.05) is 10.9 Å². The minimum absolute atomic E-state index is 0.214. The number of benzene rings is 1. The van der Waals surface area contributed by atoms with E-state index < -0.39 is 10.0 Å². The van der Waals surface area contributed by atoms with Crippen LogP contribution in [0.25, 0.3) is 10.6 Å². The predicted octanol–water partition coefficient (Wildman–Crippen LogP) is 5.04. The van der Waals surface area contributed by atoms with Gasteiger partial charge < -0.3 is 4.42 Å².